The fraction of sp³-hybridized carbons (Fsp3) is 0.857. The average Bonchev–Trinajstić information content (AvgIpc) is 2.57. The van der Waals surface area contributed by atoms with Crippen LogP contribution in [0.1, 0.15) is 6.42 Å². The maximum atomic E-state index is 11.9. The highest BCUT2D eigenvalue weighted by Crippen LogP contribution is 2.22. The fourth-order valence-electron chi connectivity index (χ4n) is 1.53. The number of carboxylic acids is 1. The summed E-state index contributed by atoms with van der Waals surface area (Å²) in [6, 6.07) is -1.56. The Kier molecular flexibility index (Phi) is 4.20. The molecule has 1 rings (SSSR count). The number of alkyl halides is 3. The third-order valence-corrected chi connectivity index (χ3v) is 3.81. The molecule has 1 fully saturated rings. The van der Waals surface area contributed by atoms with Gasteiger partial charge in [-0.1, -0.05) is 0 Å². The second-order valence-corrected chi connectivity index (χ2v) is 5.46. The zero-order chi connectivity index (χ0) is 14.1. The molecule has 0 radical (unpaired) electrons. The van der Waals surface area contributed by atoms with Gasteiger partial charge in [0, 0.05) is 13.0 Å². The molecule has 0 unspecified atom stereocenters. The van der Waals surface area contributed by atoms with E-state index in [0.717, 1.165) is 0 Å². The summed E-state index contributed by atoms with van der Waals surface area (Å²) in [7, 11) is -4.60. The summed E-state index contributed by atoms with van der Waals surface area (Å²) in [5.74, 6) is -1.52. The molecule has 18 heavy (non-hydrogen) atoms. The largest absolute Gasteiger partial charge is 0.480 e. The Morgan fingerprint density at radius 1 is 1.44 bits per heavy atom. The molecule has 1 aliphatic heterocycles. The lowest BCUT2D eigenvalue weighted by atomic mass is 10.2. The number of carboxylic acid groups (broad SMARTS) is 1. The monoisotopic (exact) mass is 292 g/mol. The molecular formula is C7H11F3N2O5S. The number of nitrogens with zero attached hydrogens (tertiary/aromatic N) is 1. The quantitative estimate of drug-likeness (QED) is 0.610. The number of hydrogen-bond acceptors (Lipinski definition) is 4. The first-order valence-electron chi connectivity index (χ1n) is 4.77. The van der Waals surface area contributed by atoms with E-state index in [1.165, 1.54) is 4.72 Å². The molecule has 0 amide bonds. The smallest absolute Gasteiger partial charge is 0.402 e. The zero-order valence-electron chi connectivity index (χ0n) is 8.88. The van der Waals surface area contributed by atoms with Gasteiger partial charge in [-0.2, -0.15) is 30.6 Å². The minimum atomic E-state index is -4.75. The summed E-state index contributed by atoms with van der Waals surface area (Å²) < 4.78 is 60.2. The number of rotatable bonds is 4. The van der Waals surface area contributed by atoms with E-state index in [9.17, 15) is 31.5 Å². The number of β-amino-alcohol motifs (C(OH)–C–C–N with tert-alkyl or cyclic N) is 1. The molecule has 1 aliphatic rings. The van der Waals surface area contributed by atoms with Crippen LogP contribution >= 0.6 is 0 Å². The van der Waals surface area contributed by atoms with Gasteiger partial charge < -0.3 is 10.2 Å². The molecule has 0 spiro atoms. The highest BCUT2D eigenvalue weighted by Gasteiger charge is 2.44. The maximum Gasteiger partial charge on any atom is 0.402 e. The van der Waals surface area contributed by atoms with Gasteiger partial charge >= 0.3 is 12.1 Å². The molecule has 0 aromatic rings. The molecule has 7 nitrogen and oxygen atoms in total. The van der Waals surface area contributed by atoms with E-state index in [2.05, 4.69) is 0 Å². The molecule has 1 saturated heterocycles. The highest BCUT2D eigenvalue weighted by atomic mass is 32.2. The van der Waals surface area contributed by atoms with Crippen molar-refractivity contribution in [3.8, 4) is 0 Å². The Hall–Kier alpha value is -0.910. The normalized spacial score (nSPS) is 26.4. The minimum absolute atomic E-state index is 0.311. The second-order valence-electron chi connectivity index (χ2n) is 3.75. The summed E-state index contributed by atoms with van der Waals surface area (Å²) in [6.07, 6.45) is -6.32. The van der Waals surface area contributed by atoms with E-state index in [1.807, 2.05) is 0 Å². The predicted octanol–water partition coefficient (Wildman–Crippen LogP) is -1.10. The van der Waals surface area contributed by atoms with Crippen molar-refractivity contribution in [3.63, 3.8) is 0 Å². The maximum absolute atomic E-state index is 11.9. The molecule has 3 N–H and O–H groups in total. The Balaban J connectivity index is 2.81. The average molecular weight is 292 g/mol. The van der Waals surface area contributed by atoms with Crippen LogP contribution < -0.4 is 4.72 Å². The number of aliphatic carboxylic acids is 1. The highest BCUT2D eigenvalue weighted by molar-refractivity contribution is 7.87. The Labute approximate surface area is 100 Å². The van der Waals surface area contributed by atoms with Crippen LogP contribution in [-0.2, 0) is 15.0 Å². The summed E-state index contributed by atoms with van der Waals surface area (Å²) in [4.78, 5) is 10.7. The number of nitrogens with one attached hydrogen (secondary N) is 1. The summed E-state index contributed by atoms with van der Waals surface area (Å²) in [5, 5.41) is 17.9. The van der Waals surface area contributed by atoms with Crippen molar-refractivity contribution in [1.29, 1.82) is 0 Å². The van der Waals surface area contributed by atoms with Crippen molar-refractivity contribution in [2.75, 3.05) is 13.1 Å². The molecule has 0 aliphatic carbocycles. The summed E-state index contributed by atoms with van der Waals surface area (Å²) >= 11 is 0. The van der Waals surface area contributed by atoms with Gasteiger partial charge in [0.25, 0.3) is 10.2 Å². The molecule has 1 heterocycles. The molecule has 11 heteroatoms. The molecule has 0 bridgehead atoms. The van der Waals surface area contributed by atoms with Crippen LogP contribution in [0.2, 0.25) is 0 Å². The van der Waals surface area contributed by atoms with Gasteiger partial charge in [-0.3, -0.25) is 4.79 Å². The Morgan fingerprint density at radius 3 is 2.44 bits per heavy atom. The van der Waals surface area contributed by atoms with Crippen LogP contribution in [0.4, 0.5) is 13.2 Å². The first-order chi connectivity index (χ1) is 8.03. The third-order valence-electron chi connectivity index (χ3n) is 2.28. The first-order valence-corrected chi connectivity index (χ1v) is 6.21. The first kappa shape index (κ1) is 15.1. The standard InChI is InChI=1S/C7H11F3N2O5S/c8-7(9,10)3-11-18(16,17)12-2-4(13)1-5(12)6(14)15/h4-5,11,13H,1-3H2,(H,14,15)/t4-,5+/m1/s1. The SMILES string of the molecule is O=C(O)[C@@H]1C[C@@H](O)CN1S(=O)(=O)NCC(F)(F)F. The molecule has 106 valence electrons. The van der Waals surface area contributed by atoms with Crippen molar-refractivity contribution in [1.82, 2.24) is 9.03 Å². The Morgan fingerprint density at radius 2 is 2.00 bits per heavy atom. The van der Waals surface area contributed by atoms with Gasteiger partial charge in [0.15, 0.2) is 0 Å². The molecule has 0 saturated carbocycles. The van der Waals surface area contributed by atoms with Gasteiger partial charge in [0.1, 0.15) is 12.6 Å². The fourth-order valence-corrected chi connectivity index (χ4v) is 2.92. The van der Waals surface area contributed by atoms with Gasteiger partial charge in [-0.05, 0) is 0 Å². The number of halogens is 3. The lowest BCUT2D eigenvalue weighted by molar-refractivity contribution is -0.140. The molecule has 2 atom stereocenters. The molecule has 0 aromatic heterocycles. The van der Waals surface area contributed by atoms with E-state index < -0.39 is 47.6 Å². The summed E-state index contributed by atoms with van der Waals surface area (Å²) in [6.45, 7) is -2.35. The lowest BCUT2D eigenvalue weighted by Gasteiger charge is -2.21. The van der Waals surface area contributed by atoms with Gasteiger partial charge in [0.2, 0.25) is 0 Å². The van der Waals surface area contributed by atoms with Crippen molar-refractivity contribution >= 4 is 16.2 Å². The van der Waals surface area contributed by atoms with Crippen molar-refractivity contribution < 1.29 is 36.6 Å². The topological polar surface area (TPSA) is 107 Å². The number of aliphatic hydroxyl groups excluding tert-OH is 1. The van der Waals surface area contributed by atoms with Crippen LogP contribution in [0, 0.1) is 0 Å². The third kappa shape index (κ3) is 3.80. The zero-order valence-corrected chi connectivity index (χ0v) is 9.70. The minimum Gasteiger partial charge on any atom is -0.480 e. The van der Waals surface area contributed by atoms with Crippen LogP contribution in [0.15, 0.2) is 0 Å². The number of carbonyl (C=O) groups is 1. The lowest BCUT2D eigenvalue weighted by Crippen LogP contribution is -2.48. The van der Waals surface area contributed by atoms with Gasteiger partial charge in [-0.25, -0.2) is 0 Å². The molecule has 0 aromatic carbocycles. The van der Waals surface area contributed by atoms with Crippen LogP contribution in [0.3, 0.4) is 0 Å². The van der Waals surface area contributed by atoms with Gasteiger partial charge in [0.05, 0.1) is 6.10 Å². The van der Waals surface area contributed by atoms with E-state index >= 15 is 0 Å². The van der Waals surface area contributed by atoms with Crippen LogP contribution in [0.25, 0.3) is 0 Å². The van der Waals surface area contributed by atoms with Crippen LogP contribution in [0.5, 0.6) is 0 Å². The van der Waals surface area contributed by atoms with Crippen molar-refractivity contribution in [3.05, 3.63) is 0 Å². The second kappa shape index (κ2) is 4.99. The number of aliphatic hydroxyl groups is 1. The number of hydrogen-bond donors (Lipinski definition) is 3. The van der Waals surface area contributed by atoms with E-state index in [0.29, 0.717) is 4.31 Å². The summed E-state index contributed by atoms with van der Waals surface area (Å²) in [5.41, 5.74) is 0. The van der Waals surface area contributed by atoms with E-state index in [4.69, 9.17) is 5.11 Å². The van der Waals surface area contributed by atoms with E-state index in [-0.39, 0.29) is 6.42 Å². The van der Waals surface area contributed by atoms with E-state index in [1.54, 1.807) is 0 Å². The van der Waals surface area contributed by atoms with Crippen molar-refractivity contribution in [2.24, 2.45) is 0 Å². The van der Waals surface area contributed by atoms with Gasteiger partial charge in [-0.15, -0.1) is 0 Å². The molecular weight excluding hydrogens is 281 g/mol. The predicted molar refractivity (Wildman–Crippen MR) is 51.7 cm³/mol. The van der Waals surface area contributed by atoms with Crippen molar-refractivity contribution in [2.45, 2.75) is 24.7 Å². The van der Waals surface area contributed by atoms with Crippen LogP contribution in [-0.4, -0.2) is 60.3 Å². The Bertz CT molecular complexity index is 423.